The molecule has 3 aromatic rings. The molecule has 0 N–H and O–H groups in total. The second-order valence-electron chi connectivity index (χ2n) is 8.99. The van der Waals surface area contributed by atoms with Gasteiger partial charge < -0.3 is 19.1 Å². The summed E-state index contributed by atoms with van der Waals surface area (Å²) < 4.78 is 43.5. The number of hydrogen-bond acceptors (Lipinski definition) is 6. The Kier molecular flexibility index (Phi) is 5.36. The fraction of sp³-hybridized carbons (Fsp3) is 0.375. The molecule has 0 unspecified atom stereocenters. The number of aromatic nitrogens is 2. The number of nitrogens with zero attached hydrogens (tertiary/aromatic N) is 5. The average Bonchev–Trinajstić information content (AvgIpc) is 3.06. The molecule has 0 saturated carbocycles. The van der Waals surface area contributed by atoms with Crippen molar-refractivity contribution in [3.63, 3.8) is 0 Å². The van der Waals surface area contributed by atoms with Crippen LogP contribution in [0.15, 0.2) is 35.1 Å². The minimum absolute atomic E-state index is 0.0164. The minimum atomic E-state index is -4.74. The van der Waals surface area contributed by atoms with Gasteiger partial charge >= 0.3 is 6.36 Å². The van der Waals surface area contributed by atoms with Gasteiger partial charge in [0.15, 0.2) is 0 Å². The van der Waals surface area contributed by atoms with Crippen LogP contribution in [0.5, 0.6) is 5.75 Å². The molecule has 182 valence electrons. The van der Waals surface area contributed by atoms with E-state index in [2.05, 4.69) is 14.6 Å². The summed E-state index contributed by atoms with van der Waals surface area (Å²) in [7, 11) is 3.54. The minimum Gasteiger partial charge on any atom is -0.406 e. The summed E-state index contributed by atoms with van der Waals surface area (Å²) in [5, 5.41) is 10.1. The third-order valence-electron chi connectivity index (χ3n) is 7.18. The molecule has 35 heavy (non-hydrogen) atoms. The van der Waals surface area contributed by atoms with E-state index in [1.165, 1.54) is 16.7 Å². The number of halogens is 4. The molecule has 0 bridgehead atoms. The Morgan fingerprint density at radius 2 is 1.89 bits per heavy atom. The zero-order valence-electron chi connectivity index (χ0n) is 19.0. The quantitative estimate of drug-likeness (QED) is 0.483. The molecule has 2 aliphatic heterocycles. The van der Waals surface area contributed by atoms with E-state index in [4.69, 9.17) is 11.6 Å². The Morgan fingerprint density at radius 1 is 1.17 bits per heavy atom. The van der Waals surface area contributed by atoms with Crippen LogP contribution < -0.4 is 20.1 Å². The molecule has 5 rings (SSSR count). The van der Waals surface area contributed by atoms with Crippen molar-refractivity contribution in [2.45, 2.75) is 31.2 Å². The number of rotatable bonds is 2. The highest BCUT2D eigenvalue weighted by Gasteiger charge is 2.45. The summed E-state index contributed by atoms with van der Waals surface area (Å²) in [4.78, 5) is 21.4. The first-order valence-corrected chi connectivity index (χ1v) is 11.4. The summed E-state index contributed by atoms with van der Waals surface area (Å²) >= 11 is 6.15. The smallest absolute Gasteiger partial charge is 0.406 e. The Labute approximate surface area is 203 Å². The summed E-state index contributed by atoms with van der Waals surface area (Å²) in [5.41, 5.74) is 2.54. The third-order valence-corrected chi connectivity index (χ3v) is 7.39. The van der Waals surface area contributed by atoms with Crippen molar-refractivity contribution in [2.24, 2.45) is 7.05 Å². The van der Waals surface area contributed by atoms with Gasteiger partial charge in [-0.25, -0.2) is 4.98 Å². The summed E-state index contributed by atoms with van der Waals surface area (Å²) in [6.07, 6.45) is -2.81. The number of fused-ring (bicyclic) bond motifs is 2. The number of likely N-dealkylation sites (N-methyl/N-ethyl adjacent to an activating group) is 1. The summed E-state index contributed by atoms with van der Waals surface area (Å²) in [6.45, 7) is 1.07. The van der Waals surface area contributed by atoms with Crippen molar-refractivity contribution in [2.75, 3.05) is 29.9 Å². The van der Waals surface area contributed by atoms with Crippen LogP contribution in [0.3, 0.4) is 0 Å². The number of hydrogen-bond donors (Lipinski definition) is 0. The maximum Gasteiger partial charge on any atom is 0.573 e. The van der Waals surface area contributed by atoms with Crippen LogP contribution >= 0.6 is 11.6 Å². The number of benzene rings is 1. The molecule has 7 nitrogen and oxygen atoms in total. The van der Waals surface area contributed by atoms with Crippen LogP contribution in [0.25, 0.3) is 11.0 Å². The van der Waals surface area contributed by atoms with E-state index in [9.17, 15) is 23.2 Å². The van der Waals surface area contributed by atoms with E-state index >= 15 is 0 Å². The van der Waals surface area contributed by atoms with E-state index in [1.54, 1.807) is 25.2 Å². The van der Waals surface area contributed by atoms with Crippen LogP contribution in [-0.4, -0.2) is 41.6 Å². The summed E-state index contributed by atoms with van der Waals surface area (Å²) in [6, 6.07) is 9.81. The molecule has 0 atom stereocenters. The molecule has 1 fully saturated rings. The first kappa shape index (κ1) is 23.3. The largest absolute Gasteiger partial charge is 0.573 e. The maximum atomic E-state index is 12.9. The molecule has 0 amide bonds. The van der Waals surface area contributed by atoms with Gasteiger partial charge in [0.05, 0.1) is 11.2 Å². The number of nitriles is 1. The lowest BCUT2D eigenvalue weighted by Gasteiger charge is -2.45. The highest BCUT2D eigenvalue weighted by Crippen LogP contribution is 2.46. The van der Waals surface area contributed by atoms with Gasteiger partial charge in [0.2, 0.25) is 0 Å². The predicted octanol–water partition coefficient (Wildman–Crippen LogP) is 4.39. The van der Waals surface area contributed by atoms with Crippen molar-refractivity contribution < 1.29 is 17.9 Å². The van der Waals surface area contributed by atoms with E-state index < -0.39 is 11.9 Å². The standard InChI is InChI=1S/C24H21ClF3N5O2/c1-31-18-5-6-19(25)30-20(18)21(16(13-29)22(31)34)33-9-7-23(8-10-33)12-14-11-15(35-24(26,27)28)3-4-17(14)32(23)2/h3-6,11H,7-10,12H2,1-2H3. The Morgan fingerprint density at radius 3 is 2.54 bits per heavy atom. The molecular weight excluding hydrogens is 483 g/mol. The van der Waals surface area contributed by atoms with Crippen molar-refractivity contribution in [1.29, 1.82) is 5.26 Å². The van der Waals surface area contributed by atoms with Gasteiger partial charge in [-0.3, -0.25) is 4.79 Å². The molecule has 4 heterocycles. The SMILES string of the molecule is CN1c2ccc(OC(F)(F)F)cc2CC12CCN(c1c(C#N)c(=O)n(C)c3ccc(Cl)nc13)CC2. The lowest BCUT2D eigenvalue weighted by atomic mass is 9.83. The number of anilines is 2. The van der Waals surface area contributed by atoms with Gasteiger partial charge in [-0.15, -0.1) is 13.2 Å². The predicted molar refractivity (Wildman–Crippen MR) is 126 cm³/mol. The Bertz CT molecular complexity index is 1440. The van der Waals surface area contributed by atoms with E-state index in [1.807, 2.05) is 18.0 Å². The van der Waals surface area contributed by atoms with Gasteiger partial charge in [0, 0.05) is 38.4 Å². The van der Waals surface area contributed by atoms with Crippen LogP contribution in [-0.2, 0) is 13.5 Å². The van der Waals surface area contributed by atoms with Gasteiger partial charge in [-0.2, -0.15) is 5.26 Å². The second-order valence-corrected chi connectivity index (χ2v) is 9.37. The van der Waals surface area contributed by atoms with Gasteiger partial charge in [0.25, 0.3) is 5.56 Å². The molecule has 2 aromatic heterocycles. The molecule has 1 spiro atoms. The molecule has 1 saturated heterocycles. The summed E-state index contributed by atoms with van der Waals surface area (Å²) in [5.74, 6) is -0.229. The first-order valence-electron chi connectivity index (χ1n) is 11.0. The highest BCUT2D eigenvalue weighted by molar-refractivity contribution is 6.29. The Balaban J connectivity index is 1.46. The maximum absolute atomic E-state index is 12.9. The van der Waals surface area contributed by atoms with E-state index in [0.29, 0.717) is 49.1 Å². The normalized spacial score (nSPS) is 17.1. The van der Waals surface area contributed by atoms with E-state index in [0.717, 1.165) is 11.3 Å². The number of alkyl halides is 3. The zero-order valence-corrected chi connectivity index (χ0v) is 19.7. The van der Waals surface area contributed by atoms with Crippen molar-refractivity contribution in [1.82, 2.24) is 9.55 Å². The Hall–Kier alpha value is -3.45. The average molecular weight is 504 g/mol. The fourth-order valence-corrected chi connectivity index (χ4v) is 5.54. The highest BCUT2D eigenvalue weighted by atomic mass is 35.5. The van der Waals surface area contributed by atoms with Crippen LogP contribution in [0.1, 0.15) is 24.0 Å². The molecule has 0 aliphatic carbocycles. The first-order chi connectivity index (χ1) is 16.5. The van der Waals surface area contributed by atoms with Crippen molar-refractivity contribution in [3.05, 3.63) is 57.0 Å². The molecule has 2 aliphatic rings. The number of aryl methyl sites for hydroxylation is 1. The fourth-order valence-electron chi connectivity index (χ4n) is 5.39. The van der Waals surface area contributed by atoms with E-state index in [-0.39, 0.29) is 22.0 Å². The monoisotopic (exact) mass is 503 g/mol. The number of ether oxygens (including phenoxy) is 1. The molecular formula is C24H21ClF3N5O2. The number of pyridine rings is 2. The van der Waals surface area contributed by atoms with Crippen LogP contribution in [0, 0.1) is 11.3 Å². The topological polar surface area (TPSA) is 74.4 Å². The third kappa shape index (κ3) is 3.84. The van der Waals surface area contributed by atoms with Crippen molar-refractivity contribution >= 4 is 34.0 Å². The van der Waals surface area contributed by atoms with Crippen LogP contribution in [0.2, 0.25) is 5.15 Å². The van der Waals surface area contributed by atoms with Crippen LogP contribution in [0.4, 0.5) is 24.5 Å². The molecule has 11 heteroatoms. The zero-order chi connectivity index (χ0) is 25.1. The molecule has 1 aromatic carbocycles. The lowest BCUT2D eigenvalue weighted by Crippen LogP contribution is -2.53. The van der Waals surface area contributed by atoms with Gasteiger partial charge in [-0.1, -0.05) is 11.6 Å². The van der Waals surface area contributed by atoms with Crippen molar-refractivity contribution in [3.8, 4) is 11.8 Å². The lowest BCUT2D eigenvalue weighted by molar-refractivity contribution is -0.274. The van der Waals surface area contributed by atoms with Gasteiger partial charge in [-0.05, 0) is 55.2 Å². The van der Waals surface area contributed by atoms with Gasteiger partial charge in [0.1, 0.15) is 28.1 Å². The second kappa shape index (κ2) is 8.05. The number of piperidine rings is 1. The molecule has 0 radical (unpaired) electrons.